The minimum atomic E-state index is 0.917. The first-order valence-electron chi connectivity index (χ1n) is 4.46. The highest BCUT2D eigenvalue weighted by Crippen LogP contribution is 2.12. The number of fused-ring (bicyclic) bond motifs is 1. The third-order valence-electron chi connectivity index (χ3n) is 2.07. The van der Waals surface area contributed by atoms with Crippen LogP contribution in [0.1, 0.15) is 19.0 Å². The Morgan fingerprint density at radius 3 is 3.00 bits per heavy atom. The number of aromatic nitrogens is 4. The Morgan fingerprint density at radius 1 is 1.38 bits per heavy atom. The summed E-state index contributed by atoms with van der Waals surface area (Å²) in [5, 5.41) is 5.31. The summed E-state index contributed by atoms with van der Waals surface area (Å²) < 4.78 is 1.92. The summed E-state index contributed by atoms with van der Waals surface area (Å²) in [6.07, 6.45) is 4.49. The predicted molar refractivity (Wildman–Crippen MR) is 50.4 cm³/mol. The van der Waals surface area contributed by atoms with E-state index < -0.39 is 0 Å². The Labute approximate surface area is 76.6 Å². The Balaban J connectivity index is 2.61. The van der Waals surface area contributed by atoms with Gasteiger partial charge >= 0.3 is 0 Å². The second-order valence-electron chi connectivity index (χ2n) is 3.06. The van der Waals surface area contributed by atoms with Crippen molar-refractivity contribution >= 4 is 11.0 Å². The third kappa shape index (κ3) is 1.28. The Morgan fingerprint density at radius 2 is 2.23 bits per heavy atom. The summed E-state index contributed by atoms with van der Waals surface area (Å²) in [5.74, 6) is 0. The molecule has 68 valence electrons. The van der Waals surface area contributed by atoms with Crippen molar-refractivity contribution in [3.63, 3.8) is 0 Å². The Hall–Kier alpha value is -1.45. The van der Waals surface area contributed by atoms with Crippen LogP contribution in [0, 0.1) is 6.92 Å². The second kappa shape index (κ2) is 3.12. The Bertz CT molecular complexity index is 418. The molecule has 2 aromatic rings. The van der Waals surface area contributed by atoms with E-state index >= 15 is 0 Å². The molecule has 0 radical (unpaired) electrons. The first-order chi connectivity index (χ1) is 6.33. The van der Waals surface area contributed by atoms with Crippen molar-refractivity contribution in [1.29, 1.82) is 0 Å². The number of hydrogen-bond acceptors (Lipinski definition) is 3. The van der Waals surface area contributed by atoms with Crippen molar-refractivity contribution in [3.8, 4) is 0 Å². The maximum Gasteiger partial charge on any atom is 0.161 e. The van der Waals surface area contributed by atoms with Gasteiger partial charge in [0.05, 0.1) is 17.3 Å². The molecule has 0 saturated heterocycles. The molecule has 0 saturated carbocycles. The fourth-order valence-electron chi connectivity index (χ4n) is 1.39. The molecule has 0 atom stereocenters. The molecule has 0 aliphatic heterocycles. The normalized spacial score (nSPS) is 10.9. The van der Waals surface area contributed by atoms with Crippen LogP contribution in [0.3, 0.4) is 0 Å². The topological polar surface area (TPSA) is 43.6 Å². The molecular weight excluding hydrogens is 164 g/mol. The van der Waals surface area contributed by atoms with Crippen LogP contribution in [0.25, 0.3) is 11.0 Å². The van der Waals surface area contributed by atoms with Gasteiger partial charge in [0.2, 0.25) is 0 Å². The van der Waals surface area contributed by atoms with Crippen LogP contribution >= 0.6 is 0 Å². The SMILES string of the molecule is CCCn1ncc2c(C)ncnc21. The first kappa shape index (κ1) is 8.16. The molecule has 0 aromatic carbocycles. The summed E-state index contributed by atoms with van der Waals surface area (Å²) in [4.78, 5) is 8.33. The van der Waals surface area contributed by atoms with Crippen LogP contribution in [0.4, 0.5) is 0 Å². The molecule has 0 fully saturated rings. The van der Waals surface area contributed by atoms with E-state index in [1.165, 1.54) is 0 Å². The van der Waals surface area contributed by atoms with Crippen LogP contribution in [0.15, 0.2) is 12.5 Å². The molecule has 0 amide bonds. The molecule has 0 aliphatic rings. The number of nitrogens with zero attached hydrogens (tertiary/aromatic N) is 4. The maximum atomic E-state index is 4.26. The number of aryl methyl sites for hydroxylation is 2. The second-order valence-corrected chi connectivity index (χ2v) is 3.06. The standard InChI is InChI=1S/C9H12N4/c1-3-4-13-9-8(5-12-13)7(2)10-6-11-9/h5-6H,3-4H2,1-2H3. The summed E-state index contributed by atoms with van der Waals surface area (Å²) >= 11 is 0. The zero-order valence-corrected chi connectivity index (χ0v) is 7.86. The third-order valence-corrected chi connectivity index (χ3v) is 2.07. The molecule has 4 heteroatoms. The van der Waals surface area contributed by atoms with Crippen molar-refractivity contribution in [2.24, 2.45) is 0 Å². The van der Waals surface area contributed by atoms with Gasteiger partial charge in [-0.15, -0.1) is 0 Å². The molecule has 4 nitrogen and oxygen atoms in total. The molecule has 13 heavy (non-hydrogen) atoms. The van der Waals surface area contributed by atoms with Gasteiger partial charge in [0.15, 0.2) is 5.65 Å². The van der Waals surface area contributed by atoms with Gasteiger partial charge in [0.1, 0.15) is 6.33 Å². The summed E-state index contributed by atoms with van der Waals surface area (Å²) in [7, 11) is 0. The molecule has 0 bridgehead atoms. The fraction of sp³-hybridized carbons (Fsp3) is 0.444. The van der Waals surface area contributed by atoms with Gasteiger partial charge in [0.25, 0.3) is 0 Å². The van der Waals surface area contributed by atoms with Gasteiger partial charge in [-0.25, -0.2) is 14.6 Å². The van der Waals surface area contributed by atoms with Crippen LogP contribution < -0.4 is 0 Å². The lowest BCUT2D eigenvalue weighted by Crippen LogP contribution is -1.99. The van der Waals surface area contributed by atoms with Gasteiger partial charge in [0, 0.05) is 6.54 Å². The molecule has 2 heterocycles. The molecular formula is C9H12N4. The van der Waals surface area contributed by atoms with E-state index in [4.69, 9.17) is 0 Å². The van der Waals surface area contributed by atoms with Crippen LogP contribution in [-0.2, 0) is 6.54 Å². The Kier molecular flexibility index (Phi) is 1.96. The van der Waals surface area contributed by atoms with E-state index in [1.807, 2.05) is 17.8 Å². The summed E-state index contributed by atoms with van der Waals surface area (Å²) in [6, 6.07) is 0. The zero-order valence-electron chi connectivity index (χ0n) is 7.86. The summed E-state index contributed by atoms with van der Waals surface area (Å²) in [6.45, 7) is 5.02. The lowest BCUT2D eigenvalue weighted by molar-refractivity contribution is 0.617. The average molecular weight is 176 g/mol. The number of rotatable bonds is 2. The minimum absolute atomic E-state index is 0.917. The fourth-order valence-corrected chi connectivity index (χ4v) is 1.39. The van der Waals surface area contributed by atoms with Crippen molar-refractivity contribution in [1.82, 2.24) is 19.7 Å². The van der Waals surface area contributed by atoms with Gasteiger partial charge < -0.3 is 0 Å². The van der Waals surface area contributed by atoms with E-state index in [-0.39, 0.29) is 0 Å². The molecule has 0 aliphatic carbocycles. The smallest absolute Gasteiger partial charge is 0.161 e. The van der Waals surface area contributed by atoms with Crippen molar-refractivity contribution in [2.45, 2.75) is 26.8 Å². The first-order valence-corrected chi connectivity index (χ1v) is 4.46. The number of hydrogen-bond donors (Lipinski definition) is 0. The van der Waals surface area contributed by atoms with Gasteiger partial charge in [-0.3, -0.25) is 0 Å². The molecule has 0 unspecified atom stereocenters. The van der Waals surface area contributed by atoms with Gasteiger partial charge in [-0.05, 0) is 13.3 Å². The van der Waals surface area contributed by atoms with Crippen LogP contribution in [-0.4, -0.2) is 19.7 Å². The average Bonchev–Trinajstić information content (AvgIpc) is 2.51. The molecule has 0 N–H and O–H groups in total. The van der Waals surface area contributed by atoms with Crippen molar-refractivity contribution in [2.75, 3.05) is 0 Å². The van der Waals surface area contributed by atoms with Gasteiger partial charge in [-0.1, -0.05) is 6.92 Å². The minimum Gasteiger partial charge on any atom is -0.247 e. The highest BCUT2D eigenvalue weighted by Gasteiger charge is 2.04. The lowest BCUT2D eigenvalue weighted by Gasteiger charge is -1.99. The summed E-state index contributed by atoms with van der Waals surface area (Å²) in [5.41, 5.74) is 1.93. The van der Waals surface area contributed by atoms with Crippen LogP contribution in [0.2, 0.25) is 0 Å². The lowest BCUT2D eigenvalue weighted by atomic mass is 10.3. The molecule has 2 rings (SSSR count). The quantitative estimate of drug-likeness (QED) is 0.697. The molecule has 0 spiro atoms. The zero-order chi connectivity index (χ0) is 9.26. The monoisotopic (exact) mass is 176 g/mol. The van der Waals surface area contributed by atoms with Crippen molar-refractivity contribution < 1.29 is 0 Å². The van der Waals surface area contributed by atoms with E-state index in [2.05, 4.69) is 22.0 Å². The van der Waals surface area contributed by atoms with E-state index in [0.29, 0.717) is 0 Å². The van der Waals surface area contributed by atoms with Crippen molar-refractivity contribution in [3.05, 3.63) is 18.2 Å². The highest BCUT2D eigenvalue weighted by molar-refractivity contribution is 5.76. The van der Waals surface area contributed by atoms with Crippen LogP contribution in [0.5, 0.6) is 0 Å². The highest BCUT2D eigenvalue weighted by atomic mass is 15.3. The van der Waals surface area contributed by atoms with E-state index in [1.54, 1.807) is 6.33 Å². The predicted octanol–water partition coefficient (Wildman–Crippen LogP) is 1.54. The molecule has 2 aromatic heterocycles. The van der Waals surface area contributed by atoms with Gasteiger partial charge in [-0.2, -0.15) is 5.10 Å². The largest absolute Gasteiger partial charge is 0.247 e. The maximum absolute atomic E-state index is 4.26. The van der Waals surface area contributed by atoms with E-state index in [9.17, 15) is 0 Å². The van der Waals surface area contributed by atoms with E-state index in [0.717, 1.165) is 29.7 Å².